The van der Waals surface area contributed by atoms with Crippen LogP contribution in [0.4, 0.5) is 0 Å². The molecular weight excluding hydrogens is 215 g/mol. The molecule has 1 aromatic rings. The first-order chi connectivity index (χ1) is 5.70. The second-order valence-electron chi connectivity index (χ2n) is 2.39. The molecule has 0 fully saturated rings. The van der Waals surface area contributed by atoms with Crippen molar-refractivity contribution in [2.45, 2.75) is 6.92 Å². The molecule has 0 atom stereocenters. The van der Waals surface area contributed by atoms with Crippen LogP contribution in [-0.4, -0.2) is 20.7 Å². The first-order valence-electron chi connectivity index (χ1n) is 3.63. The van der Waals surface area contributed by atoms with Crippen molar-refractivity contribution in [2.24, 2.45) is 0 Å². The average Bonchev–Trinajstić information content (AvgIpc) is 2.06. The van der Waals surface area contributed by atoms with Crippen molar-refractivity contribution < 1.29 is 4.79 Å². The number of rotatable bonds is 3. The molecule has 0 aliphatic heterocycles. The fourth-order valence-corrected chi connectivity index (χ4v) is 2.22. The molecule has 0 heterocycles. The molecule has 62 valence electrons. The molecule has 0 aromatic heterocycles. The summed E-state index contributed by atoms with van der Waals surface area (Å²) in [5, 5.41) is 0. The Balaban J connectivity index is 2.65. The Hall–Kier alpha value is -0.851. The summed E-state index contributed by atoms with van der Waals surface area (Å²) in [4.78, 5) is 10.9. The van der Waals surface area contributed by atoms with Crippen LogP contribution in [0.3, 0.4) is 0 Å². The topological polar surface area (TPSA) is 17.1 Å². The Labute approximate surface area is 78.6 Å². The zero-order valence-corrected chi connectivity index (χ0v) is 8.62. The maximum atomic E-state index is 10.9. The number of carbonyl (C=O) groups excluding carboxylic acids is 1. The molecule has 0 aliphatic carbocycles. The van der Waals surface area contributed by atoms with Gasteiger partial charge in [0.1, 0.15) is 0 Å². The van der Waals surface area contributed by atoms with Gasteiger partial charge in [-0.3, -0.25) is 0 Å². The van der Waals surface area contributed by atoms with Crippen molar-refractivity contribution in [1.82, 2.24) is 0 Å². The number of benzene rings is 1. The van der Waals surface area contributed by atoms with E-state index in [2.05, 4.69) is 6.58 Å². The van der Waals surface area contributed by atoms with Crippen LogP contribution in [0.25, 0.3) is 0 Å². The third-order valence-electron chi connectivity index (χ3n) is 1.38. The van der Waals surface area contributed by atoms with Crippen LogP contribution in [0.1, 0.15) is 6.92 Å². The van der Waals surface area contributed by atoms with Crippen molar-refractivity contribution in [3.63, 3.8) is 0 Å². The van der Waals surface area contributed by atoms with Crippen molar-refractivity contribution in [3.05, 3.63) is 41.4 Å². The van der Waals surface area contributed by atoms with E-state index < -0.39 is 0 Å². The van der Waals surface area contributed by atoms with Crippen molar-refractivity contribution in [3.8, 4) is 0 Å². The van der Waals surface area contributed by atoms with Crippen molar-refractivity contribution >= 4 is 25.2 Å². The van der Waals surface area contributed by atoms with Crippen LogP contribution in [0, 0.1) is 0 Å². The van der Waals surface area contributed by atoms with Gasteiger partial charge in [0, 0.05) is 0 Å². The Bertz CT molecular complexity index is 290. The molecule has 0 saturated heterocycles. The molecule has 1 nitrogen and oxygen atoms in total. The summed E-state index contributed by atoms with van der Waals surface area (Å²) in [5.41, 5.74) is 0. The molecule has 0 N–H and O–H groups in total. The van der Waals surface area contributed by atoms with Crippen LogP contribution in [0.15, 0.2) is 41.4 Å². The van der Waals surface area contributed by atoms with Gasteiger partial charge in [-0.05, 0) is 0 Å². The van der Waals surface area contributed by atoms with E-state index in [0.29, 0.717) is 0 Å². The molecule has 0 aliphatic rings. The zero-order chi connectivity index (χ0) is 8.97. The number of allylic oxidation sites excluding steroid dienone is 1. The average molecular weight is 225 g/mol. The van der Waals surface area contributed by atoms with E-state index in [1.165, 1.54) is 4.46 Å². The monoisotopic (exact) mass is 226 g/mol. The number of carbonyl (C=O) groups is 1. The molecule has 0 spiro atoms. The van der Waals surface area contributed by atoms with Gasteiger partial charge in [-0.25, -0.2) is 0 Å². The minimum atomic E-state index is 0.0962. The predicted octanol–water partition coefficient (Wildman–Crippen LogP) is 1.12. The van der Waals surface area contributed by atoms with Crippen molar-refractivity contribution in [1.29, 1.82) is 0 Å². The number of ketones is 1. The molecule has 0 amide bonds. The fourth-order valence-electron chi connectivity index (χ4n) is 0.703. The van der Waals surface area contributed by atoms with Gasteiger partial charge in [0.2, 0.25) is 0 Å². The van der Waals surface area contributed by atoms with Crippen molar-refractivity contribution in [2.75, 3.05) is 0 Å². The third-order valence-corrected chi connectivity index (χ3v) is 3.56. The summed E-state index contributed by atoms with van der Waals surface area (Å²) < 4.78 is 1.93. The Morgan fingerprint density at radius 2 is 1.92 bits per heavy atom. The Kier molecular flexibility index (Phi) is 3.27. The first-order valence-corrected chi connectivity index (χ1v) is 5.34. The van der Waals surface area contributed by atoms with Crippen LogP contribution >= 0.6 is 0 Å². The van der Waals surface area contributed by atoms with E-state index in [1.54, 1.807) is 6.92 Å². The second-order valence-corrected chi connectivity index (χ2v) is 4.85. The molecule has 0 radical (unpaired) electrons. The second kappa shape index (κ2) is 4.24. The molecule has 1 aromatic carbocycles. The molecule has 2 heteroatoms. The third kappa shape index (κ3) is 2.65. The standard InChI is InChI=1S/C10H10OSe/c1-8(11)9(2)12-10-6-4-3-5-7-10/h3-7H,2H2,1H3. The summed E-state index contributed by atoms with van der Waals surface area (Å²) in [6, 6.07) is 9.97. The Morgan fingerprint density at radius 3 is 2.42 bits per heavy atom. The van der Waals surface area contributed by atoms with Gasteiger partial charge in [0.25, 0.3) is 0 Å². The van der Waals surface area contributed by atoms with Crippen LogP contribution in [0.5, 0.6) is 0 Å². The zero-order valence-electron chi connectivity index (χ0n) is 6.91. The van der Waals surface area contributed by atoms with E-state index in [1.807, 2.05) is 30.3 Å². The SMILES string of the molecule is C=C([Se]c1ccccc1)C(C)=O. The van der Waals surface area contributed by atoms with E-state index in [4.69, 9.17) is 0 Å². The first kappa shape index (κ1) is 9.24. The normalized spacial score (nSPS) is 9.42. The number of hydrogen-bond donors (Lipinski definition) is 0. The molecular formula is C10H10OSe. The summed E-state index contributed by atoms with van der Waals surface area (Å²) in [7, 11) is 0. The maximum absolute atomic E-state index is 10.9. The van der Waals surface area contributed by atoms with Gasteiger partial charge in [0.05, 0.1) is 0 Å². The molecule has 0 bridgehead atoms. The van der Waals surface area contributed by atoms with Gasteiger partial charge in [-0.15, -0.1) is 0 Å². The van der Waals surface area contributed by atoms with E-state index in [0.717, 1.165) is 4.47 Å². The molecule has 0 saturated carbocycles. The summed E-state index contributed by atoms with van der Waals surface area (Å²) in [6.45, 7) is 5.29. The van der Waals surface area contributed by atoms with Gasteiger partial charge in [-0.2, -0.15) is 0 Å². The van der Waals surface area contributed by atoms with Gasteiger partial charge in [0.15, 0.2) is 0 Å². The molecule has 1 rings (SSSR count). The van der Waals surface area contributed by atoms with Crippen LogP contribution < -0.4 is 4.46 Å². The van der Waals surface area contributed by atoms with E-state index >= 15 is 0 Å². The summed E-state index contributed by atoms with van der Waals surface area (Å²) >= 11 is 0.104. The number of hydrogen-bond acceptors (Lipinski definition) is 1. The van der Waals surface area contributed by atoms with E-state index in [9.17, 15) is 4.79 Å². The van der Waals surface area contributed by atoms with Gasteiger partial charge < -0.3 is 0 Å². The summed E-state index contributed by atoms with van der Waals surface area (Å²) in [5.74, 6) is 0.0962. The molecule has 12 heavy (non-hydrogen) atoms. The predicted molar refractivity (Wildman–Crippen MR) is 51.7 cm³/mol. The van der Waals surface area contributed by atoms with Crippen LogP contribution in [0.2, 0.25) is 0 Å². The quantitative estimate of drug-likeness (QED) is 0.556. The van der Waals surface area contributed by atoms with Gasteiger partial charge in [-0.1, -0.05) is 0 Å². The molecule has 0 unspecified atom stereocenters. The Morgan fingerprint density at radius 1 is 1.33 bits per heavy atom. The number of Topliss-reactive ketones (excluding diaryl/α,β-unsaturated/α-hetero) is 1. The summed E-state index contributed by atoms with van der Waals surface area (Å²) in [6.07, 6.45) is 0. The van der Waals surface area contributed by atoms with E-state index in [-0.39, 0.29) is 20.7 Å². The van der Waals surface area contributed by atoms with Crippen LogP contribution in [-0.2, 0) is 4.79 Å². The fraction of sp³-hybridized carbons (Fsp3) is 0.100. The van der Waals surface area contributed by atoms with Gasteiger partial charge >= 0.3 is 78.3 Å². The minimum absolute atomic E-state index is 0.0962.